The highest BCUT2D eigenvalue weighted by molar-refractivity contribution is 6.01. The molecule has 0 heterocycles. The third-order valence-electron chi connectivity index (χ3n) is 4.71. The van der Waals surface area contributed by atoms with Crippen molar-refractivity contribution in [2.24, 2.45) is 4.99 Å². The second-order valence-electron chi connectivity index (χ2n) is 6.98. The Bertz CT molecular complexity index is 861. The van der Waals surface area contributed by atoms with E-state index in [1.54, 1.807) is 31.3 Å². The van der Waals surface area contributed by atoms with Crippen molar-refractivity contribution in [1.82, 2.24) is 4.90 Å². The van der Waals surface area contributed by atoms with Crippen LogP contribution in [0.1, 0.15) is 34.0 Å². The minimum absolute atomic E-state index is 0.000268. The Hall–Kier alpha value is -2.69. The summed E-state index contributed by atoms with van der Waals surface area (Å²) in [6, 6.07) is 8.84. The van der Waals surface area contributed by atoms with Crippen LogP contribution in [0.5, 0.6) is 0 Å². The Kier molecular flexibility index (Phi) is 6.72. The molecule has 2 aromatic rings. The van der Waals surface area contributed by atoms with Gasteiger partial charge in [0.05, 0.1) is 18.6 Å². The maximum atomic E-state index is 13.8. The van der Waals surface area contributed by atoms with Crippen molar-refractivity contribution in [3.8, 4) is 0 Å². The fraction of sp³-hybridized carbons (Fsp3) is 0.364. The van der Waals surface area contributed by atoms with E-state index in [0.29, 0.717) is 16.8 Å². The molecule has 144 valence electrons. The molecule has 0 atom stereocenters. The van der Waals surface area contributed by atoms with Crippen LogP contribution in [-0.4, -0.2) is 44.2 Å². The molecule has 0 aliphatic rings. The van der Waals surface area contributed by atoms with E-state index in [9.17, 15) is 9.18 Å². The van der Waals surface area contributed by atoms with E-state index in [1.165, 1.54) is 6.07 Å². The third-order valence-corrected chi connectivity index (χ3v) is 4.71. The molecule has 0 saturated carbocycles. The van der Waals surface area contributed by atoms with Crippen molar-refractivity contribution in [1.29, 1.82) is 0 Å². The number of aliphatic imine (C=N–C) groups is 1. The predicted molar refractivity (Wildman–Crippen MR) is 111 cm³/mol. The smallest absolute Gasteiger partial charge is 0.182 e. The number of hydrogen-bond donors (Lipinski definition) is 0. The molecule has 0 spiro atoms. The first-order chi connectivity index (χ1) is 12.7. The van der Waals surface area contributed by atoms with Crippen molar-refractivity contribution < 1.29 is 9.18 Å². The number of anilines is 1. The van der Waals surface area contributed by atoms with Crippen LogP contribution < -0.4 is 4.90 Å². The first kappa shape index (κ1) is 20.6. The number of nitrogens with zero attached hydrogens (tertiary/aromatic N) is 3. The third kappa shape index (κ3) is 5.16. The van der Waals surface area contributed by atoms with E-state index >= 15 is 0 Å². The minimum atomic E-state index is -0.266. The number of halogens is 1. The van der Waals surface area contributed by atoms with E-state index in [1.807, 2.05) is 44.0 Å². The normalized spacial score (nSPS) is 11.1. The van der Waals surface area contributed by atoms with Crippen molar-refractivity contribution in [3.63, 3.8) is 0 Å². The molecule has 2 aromatic carbocycles. The first-order valence-corrected chi connectivity index (χ1v) is 9.09. The number of rotatable bonds is 7. The SMILES string of the molecule is CCN(C)C=Nc1cc(C)c(C(=O)CN(C)c2ccc(C)c(F)c2)cc1C. The Morgan fingerprint density at radius 1 is 1.07 bits per heavy atom. The number of likely N-dealkylation sites (N-methyl/N-ethyl adjacent to an activating group) is 1. The molecule has 5 heteroatoms. The Morgan fingerprint density at radius 3 is 2.41 bits per heavy atom. The molecule has 0 N–H and O–H groups in total. The monoisotopic (exact) mass is 369 g/mol. The number of benzene rings is 2. The zero-order chi connectivity index (χ0) is 20.1. The fourth-order valence-corrected chi connectivity index (χ4v) is 2.69. The molecular weight excluding hydrogens is 341 g/mol. The lowest BCUT2D eigenvalue weighted by atomic mass is 10.00. The van der Waals surface area contributed by atoms with Gasteiger partial charge in [-0.25, -0.2) is 9.38 Å². The van der Waals surface area contributed by atoms with E-state index in [4.69, 9.17) is 0 Å². The molecule has 0 aliphatic carbocycles. The number of carbonyl (C=O) groups is 1. The Morgan fingerprint density at radius 2 is 1.78 bits per heavy atom. The van der Waals surface area contributed by atoms with Gasteiger partial charge in [-0.3, -0.25) is 4.79 Å². The molecule has 0 fully saturated rings. The predicted octanol–water partition coefficient (Wildman–Crippen LogP) is 4.68. The highest BCUT2D eigenvalue weighted by Crippen LogP contribution is 2.24. The van der Waals surface area contributed by atoms with Crippen molar-refractivity contribution in [3.05, 3.63) is 58.4 Å². The summed E-state index contributed by atoms with van der Waals surface area (Å²) in [5.74, 6) is -0.265. The van der Waals surface area contributed by atoms with Gasteiger partial charge in [0.25, 0.3) is 0 Å². The molecule has 4 nitrogen and oxygen atoms in total. The first-order valence-electron chi connectivity index (χ1n) is 9.09. The van der Waals surface area contributed by atoms with Gasteiger partial charge in [0.15, 0.2) is 5.78 Å². The molecule has 0 saturated heterocycles. The largest absolute Gasteiger partial charge is 0.367 e. The zero-order valence-corrected chi connectivity index (χ0v) is 17.0. The summed E-state index contributed by atoms with van der Waals surface area (Å²) in [6.45, 7) is 8.71. The molecule has 0 unspecified atom stereocenters. The summed E-state index contributed by atoms with van der Waals surface area (Å²) in [6.07, 6.45) is 1.79. The van der Waals surface area contributed by atoms with Gasteiger partial charge in [0.1, 0.15) is 5.82 Å². The topological polar surface area (TPSA) is 35.9 Å². The standard InChI is InChI=1S/C22H28FN3O/c1-7-25(5)14-24-21-11-16(3)19(10-17(21)4)22(27)13-26(6)18-9-8-15(2)20(23)12-18/h8-12,14H,7,13H2,1-6H3. The average molecular weight is 369 g/mol. The van der Waals surface area contributed by atoms with Crippen molar-refractivity contribution in [2.45, 2.75) is 27.7 Å². The van der Waals surface area contributed by atoms with Crippen LogP contribution >= 0.6 is 0 Å². The molecule has 0 radical (unpaired) electrons. The van der Waals surface area contributed by atoms with Crippen molar-refractivity contribution >= 4 is 23.5 Å². The zero-order valence-electron chi connectivity index (χ0n) is 17.0. The van der Waals surface area contributed by atoms with Gasteiger partial charge in [-0.1, -0.05) is 6.07 Å². The second kappa shape index (κ2) is 8.80. The number of ketones is 1. The highest BCUT2D eigenvalue weighted by atomic mass is 19.1. The lowest BCUT2D eigenvalue weighted by Gasteiger charge is -2.20. The summed E-state index contributed by atoms with van der Waals surface area (Å²) >= 11 is 0. The number of aryl methyl sites for hydroxylation is 3. The molecule has 0 amide bonds. The Labute approximate surface area is 161 Å². The van der Waals surface area contributed by atoms with Crippen LogP contribution in [0.25, 0.3) is 0 Å². The summed E-state index contributed by atoms with van der Waals surface area (Å²) in [7, 11) is 3.76. The van der Waals surface area contributed by atoms with E-state index in [2.05, 4.69) is 11.9 Å². The van der Waals surface area contributed by atoms with Gasteiger partial charge in [0, 0.05) is 31.9 Å². The highest BCUT2D eigenvalue weighted by Gasteiger charge is 2.15. The van der Waals surface area contributed by atoms with Gasteiger partial charge in [-0.05, 0) is 68.7 Å². The average Bonchev–Trinajstić information content (AvgIpc) is 2.63. The van der Waals surface area contributed by atoms with Gasteiger partial charge in [-0.2, -0.15) is 0 Å². The van der Waals surface area contributed by atoms with Gasteiger partial charge < -0.3 is 9.80 Å². The van der Waals surface area contributed by atoms with E-state index in [0.717, 1.165) is 23.4 Å². The summed E-state index contributed by atoms with van der Waals surface area (Å²) in [5, 5.41) is 0. The molecule has 2 rings (SSSR count). The lowest BCUT2D eigenvalue weighted by molar-refractivity contribution is 0.0999. The van der Waals surface area contributed by atoms with Crippen LogP contribution in [0.3, 0.4) is 0 Å². The quantitative estimate of drug-likeness (QED) is 0.404. The van der Waals surface area contributed by atoms with Crippen LogP contribution in [0.4, 0.5) is 15.8 Å². The van der Waals surface area contributed by atoms with Crippen LogP contribution in [0.15, 0.2) is 35.3 Å². The van der Waals surface area contributed by atoms with Crippen LogP contribution in [0.2, 0.25) is 0 Å². The Balaban J connectivity index is 2.19. The summed E-state index contributed by atoms with van der Waals surface area (Å²) < 4.78 is 13.8. The fourth-order valence-electron chi connectivity index (χ4n) is 2.69. The number of hydrogen-bond acceptors (Lipinski definition) is 3. The number of carbonyl (C=O) groups excluding carboxylic acids is 1. The van der Waals surface area contributed by atoms with E-state index < -0.39 is 0 Å². The maximum Gasteiger partial charge on any atom is 0.182 e. The molecule has 0 aromatic heterocycles. The summed E-state index contributed by atoms with van der Waals surface area (Å²) in [5.41, 5.74) is 4.65. The molecule has 27 heavy (non-hydrogen) atoms. The second-order valence-corrected chi connectivity index (χ2v) is 6.98. The molecular formula is C22H28FN3O. The minimum Gasteiger partial charge on any atom is -0.367 e. The molecule has 0 bridgehead atoms. The summed E-state index contributed by atoms with van der Waals surface area (Å²) in [4.78, 5) is 21.1. The maximum absolute atomic E-state index is 13.8. The van der Waals surface area contributed by atoms with Gasteiger partial charge in [-0.15, -0.1) is 0 Å². The van der Waals surface area contributed by atoms with E-state index in [-0.39, 0.29) is 18.1 Å². The number of Topliss-reactive ketones (excluding diaryl/α,β-unsaturated/α-hetero) is 1. The lowest BCUT2D eigenvalue weighted by Crippen LogP contribution is -2.26. The van der Waals surface area contributed by atoms with Gasteiger partial charge in [0.2, 0.25) is 0 Å². The molecule has 0 aliphatic heterocycles. The van der Waals surface area contributed by atoms with Crippen molar-refractivity contribution in [2.75, 3.05) is 32.1 Å². The van der Waals surface area contributed by atoms with Crippen LogP contribution in [-0.2, 0) is 0 Å². The van der Waals surface area contributed by atoms with Gasteiger partial charge >= 0.3 is 0 Å². The van der Waals surface area contributed by atoms with Crippen LogP contribution in [0, 0.1) is 26.6 Å².